The van der Waals surface area contributed by atoms with Crippen LogP contribution >= 0.6 is 11.6 Å². The fraction of sp³-hybridized carbons (Fsp3) is 0.300. The lowest BCUT2D eigenvalue weighted by molar-refractivity contribution is -0.148. The second kappa shape index (κ2) is 7.89. The van der Waals surface area contributed by atoms with E-state index in [1.807, 2.05) is 36.1 Å². The summed E-state index contributed by atoms with van der Waals surface area (Å²) in [5.74, 6) is -0.501. The lowest BCUT2D eigenvalue weighted by atomic mass is 9.94. The SMILES string of the molecule is COC(=O)[C@@H]1Cc2ccccc2CN1CC(=O)Nc1ccc(Cl)cc1C. The van der Waals surface area contributed by atoms with Crippen LogP contribution in [0.4, 0.5) is 5.69 Å². The fourth-order valence-corrected chi connectivity index (χ4v) is 3.48. The average Bonchev–Trinajstić information content (AvgIpc) is 2.63. The third-order valence-corrected chi connectivity index (χ3v) is 4.86. The van der Waals surface area contributed by atoms with E-state index < -0.39 is 6.04 Å². The smallest absolute Gasteiger partial charge is 0.323 e. The molecule has 2 aromatic rings. The van der Waals surface area contributed by atoms with Gasteiger partial charge in [0.15, 0.2) is 0 Å². The summed E-state index contributed by atoms with van der Waals surface area (Å²) in [6.45, 7) is 2.52. The van der Waals surface area contributed by atoms with Crippen LogP contribution in [0.3, 0.4) is 0 Å². The summed E-state index contributed by atoms with van der Waals surface area (Å²) >= 11 is 5.95. The van der Waals surface area contributed by atoms with E-state index in [1.54, 1.807) is 18.2 Å². The van der Waals surface area contributed by atoms with Gasteiger partial charge in [-0.25, -0.2) is 0 Å². The molecule has 0 saturated carbocycles. The van der Waals surface area contributed by atoms with Crippen molar-refractivity contribution in [2.75, 3.05) is 19.0 Å². The predicted molar refractivity (Wildman–Crippen MR) is 101 cm³/mol. The summed E-state index contributed by atoms with van der Waals surface area (Å²) in [5, 5.41) is 3.52. The Labute approximate surface area is 157 Å². The molecule has 1 N–H and O–H groups in total. The minimum atomic E-state index is -0.466. The van der Waals surface area contributed by atoms with Crippen LogP contribution in [0.1, 0.15) is 16.7 Å². The van der Waals surface area contributed by atoms with Crippen LogP contribution in [0.25, 0.3) is 0 Å². The highest BCUT2D eigenvalue weighted by atomic mass is 35.5. The zero-order chi connectivity index (χ0) is 18.7. The summed E-state index contributed by atoms with van der Waals surface area (Å²) in [6, 6.07) is 12.8. The molecule has 0 fully saturated rings. The van der Waals surface area contributed by atoms with Gasteiger partial charge in [-0.05, 0) is 48.2 Å². The molecule has 3 rings (SSSR count). The summed E-state index contributed by atoms with van der Waals surface area (Å²) in [7, 11) is 1.37. The summed E-state index contributed by atoms with van der Waals surface area (Å²) in [4.78, 5) is 26.6. The minimum Gasteiger partial charge on any atom is -0.468 e. The second-order valence-electron chi connectivity index (χ2n) is 6.42. The van der Waals surface area contributed by atoms with Crippen molar-refractivity contribution < 1.29 is 14.3 Å². The maximum absolute atomic E-state index is 12.5. The normalized spacial score (nSPS) is 16.7. The van der Waals surface area contributed by atoms with E-state index >= 15 is 0 Å². The van der Waals surface area contributed by atoms with Gasteiger partial charge in [0.1, 0.15) is 6.04 Å². The molecule has 0 saturated heterocycles. The molecule has 6 heteroatoms. The molecule has 1 heterocycles. The number of benzene rings is 2. The largest absolute Gasteiger partial charge is 0.468 e. The molecule has 0 bridgehead atoms. The molecule has 136 valence electrons. The maximum atomic E-state index is 12.5. The topological polar surface area (TPSA) is 58.6 Å². The monoisotopic (exact) mass is 372 g/mol. The molecule has 0 aromatic heterocycles. The Kier molecular flexibility index (Phi) is 5.59. The van der Waals surface area contributed by atoms with Gasteiger partial charge in [0.2, 0.25) is 5.91 Å². The highest BCUT2D eigenvalue weighted by Gasteiger charge is 2.33. The number of hydrogen-bond acceptors (Lipinski definition) is 4. The van der Waals surface area contributed by atoms with Gasteiger partial charge in [0.05, 0.1) is 13.7 Å². The molecule has 0 spiro atoms. The number of nitrogens with one attached hydrogen (secondary N) is 1. The van der Waals surface area contributed by atoms with Gasteiger partial charge in [0, 0.05) is 17.3 Å². The first-order valence-corrected chi connectivity index (χ1v) is 8.80. The molecular formula is C20H21ClN2O3. The van der Waals surface area contributed by atoms with Crippen LogP contribution in [0.15, 0.2) is 42.5 Å². The Hall–Kier alpha value is -2.37. The van der Waals surface area contributed by atoms with Crippen LogP contribution in [-0.4, -0.2) is 36.5 Å². The molecule has 0 unspecified atom stereocenters. The Balaban J connectivity index is 1.75. The molecule has 1 amide bonds. The van der Waals surface area contributed by atoms with Gasteiger partial charge in [0.25, 0.3) is 0 Å². The van der Waals surface area contributed by atoms with Crippen molar-refractivity contribution in [3.63, 3.8) is 0 Å². The van der Waals surface area contributed by atoms with E-state index in [1.165, 1.54) is 7.11 Å². The molecule has 1 aliphatic rings. The second-order valence-corrected chi connectivity index (χ2v) is 6.86. The van der Waals surface area contributed by atoms with Crippen LogP contribution < -0.4 is 5.32 Å². The van der Waals surface area contributed by atoms with Crippen molar-refractivity contribution in [3.05, 3.63) is 64.2 Å². The fourth-order valence-electron chi connectivity index (χ4n) is 3.25. The molecule has 0 radical (unpaired) electrons. The molecule has 0 aliphatic carbocycles. The number of fused-ring (bicyclic) bond motifs is 1. The van der Waals surface area contributed by atoms with Gasteiger partial charge >= 0.3 is 5.97 Å². The molecule has 5 nitrogen and oxygen atoms in total. The Morgan fingerprint density at radius 1 is 1.23 bits per heavy atom. The number of ether oxygens (including phenoxy) is 1. The zero-order valence-electron chi connectivity index (χ0n) is 14.8. The molecule has 26 heavy (non-hydrogen) atoms. The lowest BCUT2D eigenvalue weighted by Crippen LogP contribution is -2.49. The lowest BCUT2D eigenvalue weighted by Gasteiger charge is -2.34. The molecule has 1 aliphatic heterocycles. The Bertz CT molecular complexity index is 838. The third-order valence-electron chi connectivity index (χ3n) is 4.63. The van der Waals surface area contributed by atoms with Crippen LogP contribution in [0, 0.1) is 6.92 Å². The van der Waals surface area contributed by atoms with Crippen molar-refractivity contribution in [1.29, 1.82) is 0 Å². The average molecular weight is 373 g/mol. The van der Waals surface area contributed by atoms with Crippen LogP contribution in [0.5, 0.6) is 0 Å². The Morgan fingerprint density at radius 3 is 2.65 bits per heavy atom. The third kappa shape index (κ3) is 4.06. The number of carbonyl (C=O) groups is 2. The minimum absolute atomic E-state index is 0.107. The highest BCUT2D eigenvalue weighted by molar-refractivity contribution is 6.30. The first-order chi connectivity index (χ1) is 12.5. The van der Waals surface area contributed by atoms with Gasteiger partial charge in [-0.1, -0.05) is 35.9 Å². The summed E-state index contributed by atoms with van der Waals surface area (Å²) in [5.41, 5.74) is 3.85. The van der Waals surface area contributed by atoms with Crippen molar-refractivity contribution in [2.45, 2.75) is 25.9 Å². The molecule has 1 atom stereocenters. The number of anilines is 1. The van der Waals surface area contributed by atoms with E-state index in [0.29, 0.717) is 23.7 Å². The van der Waals surface area contributed by atoms with Crippen molar-refractivity contribution in [2.24, 2.45) is 0 Å². The first kappa shape index (κ1) is 18.4. The number of rotatable bonds is 4. The highest BCUT2D eigenvalue weighted by Crippen LogP contribution is 2.24. The Morgan fingerprint density at radius 2 is 1.96 bits per heavy atom. The van der Waals surface area contributed by atoms with Crippen LogP contribution in [-0.2, 0) is 27.3 Å². The van der Waals surface area contributed by atoms with E-state index in [-0.39, 0.29) is 18.4 Å². The molecular weight excluding hydrogens is 352 g/mol. The van der Waals surface area contributed by atoms with E-state index in [4.69, 9.17) is 16.3 Å². The number of amides is 1. The van der Waals surface area contributed by atoms with E-state index in [9.17, 15) is 9.59 Å². The number of carbonyl (C=O) groups excluding carboxylic acids is 2. The van der Waals surface area contributed by atoms with Gasteiger partial charge < -0.3 is 10.1 Å². The van der Waals surface area contributed by atoms with Gasteiger partial charge in [-0.2, -0.15) is 0 Å². The molecule has 2 aromatic carbocycles. The summed E-state index contributed by atoms with van der Waals surface area (Å²) in [6.07, 6.45) is 0.538. The van der Waals surface area contributed by atoms with Gasteiger partial charge in [-0.15, -0.1) is 0 Å². The standard InChI is InChI=1S/C20H21ClN2O3/c1-13-9-16(21)7-8-17(13)22-19(24)12-23-11-15-6-4-3-5-14(15)10-18(23)20(25)26-2/h3-9,18H,10-12H2,1-2H3,(H,22,24)/t18-/m0/s1. The quantitative estimate of drug-likeness (QED) is 0.837. The maximum Gasteiger partial charge on any atom is 0.323 e. The van der Waals surface area contributed by atoms with Crippen molar-refractivity contribution >= 4 is 29.2 Å². The predicted octanol–water partition coefficient (Wildman–Crippen LogP) is 3.19. The number of esters is 1. The zero-order valence-corrected chi connectivity index (χ0v) is 15.5. The number of aryl methyl sites for hydroxylation is 1. The van der Waals surface area contributed by atoms with Crippen LogP contribution in [0.2, 0.25) is 5.02 Å². The van der Waals surface area contributed by atoms with E-state index in [0.717, 1.165) is 16.7 Å². The number of methoxy groups -OCH3 is 1. The first-order valence-electron chi connectivity index (χ1n) is 8.42. The number of hydrogen-bond donors (Lipinski definition) is 1. The van der Waals surface area contributed by atoms with Gasteiger partial charge in [-0.3, -0.25) is 14.5 Å². The number of nitrogens with zero attached hydrogens (tertiary/aromatic N) is 1. The van der Waals surface area contributed by atoms with Crippen molar-refractivity contribution in [3.8, 4) is 0 Å². The number of halogens is 1. The van der Waals surface area contributed by atoms with Crippen molar-refractivity contribution in [1.82, 2.24) is 4.90 Å². The summed E-state index contributed by atoms with van der Waals surface area (Å²) < 4.78 is 4.94. The van der Waals surface area contributed by atoms with E-state index in [2.05, 4.69) is 5.32 Å².